The van der Waals surface area contributed by atoms with Gasteiger partial charge in [-0.15, -0.1) is 0 Å². The first-order valence-electron chi connectivity index (χ1n) is 15.7. The summed E-state index contributed by atoms with van der Waals surface area (Å²) in [6, 6.07) is 3.19. The average molecular weight is 664 g/mol. The van der Waals surface area contributed by atoms with Crippen LogP contribution < -0.4 is 26.6 Å². The Hall–Kier alpha value is -4.20. The summed E-state index contributed by atoms with van der Waals surface area (Å²) >= 11 is 0. The smallest absolute Gasteiger partial charge is 0.408 e. The van der Waals surface area contributed by atoms with E-state index < -0.39 is 89.9 Å². The number of benzene rings is 1. The van der Waals surface area contributed by atoms with E-state index in [1.807, 2.05) is 6.07 Å². The summed E-state index contributed by atoms with van der Waals surface area (Å²) in [6.45, 7) is 14.4. The molecule has 0 aliphatic heterocycles. The minimum Gasteiger partial charge on any atom is -0.467 e. The highest BCUT2D eigenvalue weighted by Crippen LogP contribution is 2.11. The highest BCUT2D eigenvalue weighted by Gasteiger charge is 2.35. The number of rotatable bonds is 16. The van der Waals surface area contributed by atoms with E-state index in [4.69, 9.17) is 9.47 Å². The zero-order valence-electron chi connectivity index (χ0n) is 29.1. The molecule has 6 N–H and O–H groups in total. The highest BCUT2D eigenvalue weighted by atomic mass is 16.6. The lowest BCUT2D eigenvalue weighted by atomic mass is 9.99. The summed E-state index contributed by atoms with van der Waals surface area (Å²) in [5.74, 6) is -4.85. The average Bonchev–Trinajstić information content (AvgIpc) is 2.97. The van der Waals surface area contributed by atoms with Crippen LogP contribution in [0.1, 0.15) is 67.9 Å². The van der Waals surface area contributed by atoms with Gasteiger partial charge in [-0.3, -0.25) is 19.2 Å². The van der Waals surface area contributed by atoms with Gasteiger partial charge in [-0.2, -0.15) is 0 Å². The lowest BCUT2D eigenvalue weighted by molar-refractivity contribution is -0.145. The Kier molecular flexibility index (Phi) is 16.3. The Balaban J connectivity index is 3.03. The van der Waals surface area contributed by atoms with Crippen LogP contribution in [-0.2, 0) is 39.9 Å². The summed E-state index contributed by atoms with van der Waals surface area (Å²) in [5, 5.41) is 22.8. The molecule has 1 aromatic carbocycles. The van der Waals surface area contributed by atoms with Gasteiger partial charge in [-0.25, -0.2) is 9.59 Å². The third-order valence-corrected chi connectivity index (χ3v) is 7.02. The number of nitrogens with one attached hydrogen (secondary N) is 5. The van der Waals surface area contributed by atoms with Gasteiger partial charge in [0, 0.05) is 6.42 Å². The fraction of sp³-hybridized carbons (Fsp3) is 0.636. The van der Waals surface area contributed by atoms with Gasteiger partial charge in [-0.05, 0) is 44.1 Å². The third-order valence-electron chi connectivity index (χ3n) is 7.02. The van der Waals surface area contributed by atoms with Crippen molar-refractivity contribution in [1.29, 1.82) is 0 Å². The van der Waals surface area contributed by atoms with E-state index in [-0.39, 0.29) is 12.3 Å². The topological polar surface area (TPSA) is 201 Å². The van der Waals surface area contributed by atoms with Crippen LogP contribution in [0.15, 0.2) is 30.3 Å². The summed E-state index contributed by atoms with van der Waals surface area (Å²) in [6.07, 6.45) is -0.642. The number of hydrogen-bond donors (Lipinski definition) is 6. The van der Waals surface area contributed by atoms with E-state index in [0.717, 1.165) is 5.56 Å². The quantitative estimate of drug-likeness (QED) is 0.141. The maximum atomic E-state index is 13.3. The second kappa shape index (κ2) is 18.8. The standard InChI is InChI=1S/C33H53N5O9/c1-18(2)24(28(41)34-22(31(44)46-10)16-21-14-12-11-13-15-21)36-27(40)23(17-39)35-29(42)25(19(3)4)37-30(43)26(20(5)6)38-32(45)47-33(7,8)9/h11-15,18-20,22-26,39H,16-17H2,1-10H3,(H,34,41)(H,35,42)(H,36,40)(H,37,43)(H,38,45)/t22-,23+,24+,25-,26-/m0/s1. The summed E-state index contributed by atoms with van der Waals surface area (Å²) in [7, 11) is 1.20. The maximum absolute atomic E-state index is 13.3. The first-order chi connectivity index (χ1) is 21.8. The number of methoxy groups -OCH3 is 1. The predicted molar refractivity (Wildman–Crippen MR) is 175 cm³/mol. The fourth-order valence-electron chi connectivity index (χ4n) is 4.44. The van der Waals surface area contributed by atoms with Crippen molar-refractivity contribution in [2.24, 2.45) is 17.8 Å². The van der Waals surface area contributed by atoms with Gasteiger partial charge in [0.05, 0.1) is 13.7 Å². The summed E-state index contributed by atoms with van der Waals surface area (Å²) in [4.78, 5) is 77.9. The molecule has 0 aromatic heterocycles. The number of carbonyl (C=O) groups is 6. The van der Waals surface area contributed by atoms with Crippen LogP contribution >= 0.6 is 0 Å². The first-order valence-corrected chi connectivity index (χ1v) is 15.7. The van der Waals surface area contributed by atoms with Crippen molar-refractivity contribution in [2.75, 3.05) is 13.7 Å². The molecule has 0 saturated carbocycles. The molecule has 0 unspecified atom stereocenters. The van der Waals surface area contributed by atoms with E-state index in [1.165, 1.54) is 7.11 Å². The number of carbonyl (C=O) groups excluding carboxylic acids is 6. The summed E-state index contributed by atoms with van der Waals surface area (Å²) < 4.78 is 10.1. The van der Waals surface area contributed by atoms with Gasteiger partial charge < -0.3 is 41.2 Å². The van der Waals surface area contributed by atoms with Crippen LogP contribution in [0.4, 0.5) is 4.79 Å². The number of esters is 1. The molecule has 5 atom stereocenters. The number of alkyl carbamates (subject to hydrolysis) is 1. The van der Waals surface area contributed by atoms with Gasteiger partial charge in [0.2, 0.25) is 23.6 Å². The molecular formula is C33H53N5O9. The molecule has 14 heteroatoms. The molecular weight excluding hydrogens is 610 g/mol. The normalized spacial score (nSPS) is 14.7. The van der Waals surface area contributed by atoms with Gasteiger partial charge in [-0.1, -0.05) is 71.9 Å². The molecule has 0 fully saturated rings. The fourth-order valence-corrected chi connectivity index (χ4v) is 4.44. The van der Waals surface area contributed by atoms with Gasteiger partial charge in [0.25, 0.3) is 0 Å². The van der Waals surface area contributed by atoms with E-state index in [0.29, 0.717) is 0 Å². The number of aliphatic hydroxyl groups excluding tert-OH is 1. The van der Waals surface area contributed by atoms with Crippen LogP contribution in [0.25, 0.3) is 0 Å². The Labute approximate surface area is 277 Å². The van der Waals surface area contributed by atoms with E-state index in [1.54, 1.807) is 86.6 Å². The van der Waals surface area contributed by atoms with Crippen LogP contribution in [-0.4, -0.2) is 90.3 Å². The third kappa shape index (κ3) is 14.0. The van der Waals surface area contributed by atoms with Crippen molar-refractivity contribution >= 4 is 35.7 Å². The molecule has 264 valence electrons. The molecule has 5 amide bonds. The molecule has 0 radical (unpaired) electrons. The highest BCUT2D eigenvalue weighted by molar-refractivity contribution is 5.96. The molecule has 47 heavy (non-hydrogen) atoms. The first kappa shape index (κ1) is 40.8. The molecule has 0 aliphatic rings. The van der Waals surface area contributed by atoms with Gasteiger partial charge in [0.15, 0.2) is 0 Å². The Morgan fingerprint density at radius 3 is 1.51 bits per heavy atom. The second-order valence-corrected chi connectivity index (χ2v) is 13.3. The monoisotopic (exact) mass is 663 g/mol. The van der Waals surface area contributed by atoms with Crippen molar-refractivity contribution in [3.05, 3.63) is 35.9 Å². The molecule has 1 rings (SSSR count). The van der Waals surface area contributed by atoms with Crippen LogP contribution in [0.3, 0.4) is 0 Å². The van der Waals surface area contributed by atoms with E-state index in [2.05, 4.69) is 26.6 Å². The van der Waals surface area contributed by atoms with Crippen LogP contribution in [0.2, 0.25) is 0 Å². The van der Waals surface area contributed by atoms with Gasteiger partial charge in [0.1, 0.15) is 35.8 Å². The number of amides is 5. The van der Waals surface area contributed by atoms with Crippen molar-refractivity contribution < 1.29 is 43.3 Å². The van der Waals surface area contributed by atoms with Crippen molar-refractivity contribution in [3.63, 3.8) is 0 Å². The molecule has 0 aliphatic carbocycles. The SMILES string of the molecule is COC(=O)[C@H](Cc1ccccc1)NC(=O)[C@H](NC(=O)[C@@H](CO)NC(=O)[C@@H](NC(=O)[C@@H](NC(=O)OC(C)(C)C)C(C)C)C(C)C)C(C)C. The largest absolute Gasteiger partial charge is 0.467 e. The minimum atomic E-state index is -1.48. The van der Waals surface area contributed by atoms with Crippen molar-refractivity contribution in [1.82, 2.24) is 26.6 Å². The van der Waals surface area contributed by atoms with Gasteiger partial charge >= 0.3 is 12.1 Å². The Morgan fingerprint density at radius 1 is 0.660 bits per heavy atom. The zero-order chi connectivity index (χ0) is 36.1. The van der Waals surface area contributed by atoms with Crippen LogP contribution in [0.5, 0.6) is 0 Å². The van der Waals surface area contributed by atoms with E-state index >= 15 is 0 Å². The number of aliphatic hydroxyl groups is 1. The van der Waals surface area contributed by atoms with Crippen molar-refractivity contribution in [3.8, 4) is 0 Å². The van der Waals surface area contributed by atoms with E-state index in [9.17, 15) is 33.9 Å². The molecule has 14 nitrogen and oxygen atoms in total. The molecule has 0 spiro atoms. The minimum absolute atomic E-state index is 0.153. The zero-order valence-corrected chi connectivity index (χ0v) is 29.1. The molecule has 0 heterocycles. The maximum Gasteiger partial charge on any atom is 0.408 e. The molecule has 0 saturated heterocycles. The number of ether oxygens (including phenoxy) is 2. The lowest BCUT2D eigenvalue weighted by Crippen LogP contribution is -2.61. The Morgan fingerprint density at radius 2 is 1.09 bits per heavy atom. The molecule has 0 bridgehead atoms. The predicted octanol–water partition coefficient (Wildman–Crippen LogP) is 1.19. The lowest BCUT2D eigenvalue weighted by Gasteiger charge is -2.29. The number of hydrogen-bond acceptors (Lipinski definition) is 9. The Bertz CT molecular complexity index is 1210. The molecule has 1 aromatic rings. The van der Waals surface area contributed by atoms with Crippen LogP contribution in [0, 0.1) is 17.8 Å². The second-order valence-electron chi connectivity index (χ2n) is 13.3. The van der Waals surface area contributed by atoms with Crippen molar-refractivity contribution in [2.45, 2.75) is 105 Å². The summed E-state index contributed by atoms with van der Waals surface area (Å²) in [5.41, 5.74) is -0.00785.